The molecule has 0 aromatic rings. The molecule has 1 N–H and O–H groups in total. The Labute approximate surface area is 136 Å². The molecule has 1 aliphatic rings. The summed E-state index contributed by atoms with van der Waals surface area (Å²) < 4.78 is 15.6. The minimum Gasteiger partial charge on any atom is -0.463 e. The Morgan fingerprint density at radius 3 is 1.96 bits per heavy atom. The number of nitrogens with one attached hydrogen (secondary N) is 1. The number of esters is 2. The molecule has 1 aliphatic heterocycles. The predicted molar refractivity (Wildman–Crippen MR) is 84.9 cm³/mol. The summed E-state index contributed by atoms with van der Waals surface area (Å²) in [7, 11) is 0. The first kappa shape index (κ1) is 18.8. The lowest BCUT2D eigenvalue weighted by Crippen LogP contribution is -2.35. The van der Waals surface area contributed by atoms with Gasteiger partial charge in [-0.1, -0.05) is 5.92 Å². The second kappa shape index (κ2) is 9.01. The van der Waals surface area contributed by atoms with E-state index in [1.165, 1.54) is 0 Å². The zero-order valence-electron chi connectivity index (χ0n) is 14.0. The van der Waals surface area contributed by atoms with Crippen LogP contribution >= 0.6 is 0 Å². The number of dihydropyridines is 1. The van der Waals surface area contributed by atoms with Crippen LogP contribution in [0.2, 0.25) is 0 Å². The molecule has 1 heterocycles. The maximum atomic E-state index is 12.3. The van der Waals surface area contributed by atoms with Gasteiger partial charge in [0, 0.05) is 11.4 Å². The van der Waals surface area contributed by atoms with E-state index in [9.17, 15) is 9.59 Å². The predicted octanol–water partition coefficient (Wildman–Crippen LogP) is 1.53. The largest absolute Gasteiger partial charge is 0.463 e. The molecule has 0 atom stereocenters. The van der Waals surface area contributed by atoms with Crippen molar-refractivity contribution in [1.29, 1.82) is 0 Å². The molecule has 0 fully saturated rings. The summed E-state index contributed by atoms with van der Waals surface area (Å²) in [6.07, 6.45) is 5.19. The number of hydrogen-bond acceptors (Lipinski definition) is 6. The zero-order chi connectivity index (χ0) is 17.4. The highest BCUT2D eigenvalue weighted by Crippen LogP contribution is 2.31. The average molecular weight is 321 g/mol. The number of terminal acetylenes is 1. The van der Waals surface area contributed by atoms with Crippen molar-refractivity contribution in [3.05, 3.63) is 22.5 Å². The maximum absolute atomic E-state index is 12.3. The van der Waals surface area contributed by atoms with Gasteiger partial charge >= 0.3 is 11.9 Å². The Morgan fingerprint density at radius 2 is 1.57 bits per heavy atom. The van der Waals surface area contributed by atoms with Crippen molar-refractivity contribution in [3.8, 4) is 12.3 Å². The van der Waals surface area contributed by atoms with E-state index in [0.29, 0.717) is 22.5 Å². The second-order valence-corrected chi connectivity index (χ2v) is 4.92. The van der Waals surface area contributed by atoms with Crippen molar-refractivity contribution in [2.75, 3.05) is 26.4 Å². The van der Waals surface area contributed by atoms with Gasteiger partial charge in [-0.25, -0.2) is 9.59 Å². The number of ether oxygens (including phenoxy) is 3. The van der Waals surface area contributed by atoms with E-state index in [1.54, 1.807) is 27.7 Å². The standard InChI is InChI=1S/C17H23NO5/c1-6-9-21-10-13-14(16(19)22-7-2)11(4)18-12(5)15(13)17(20)23-8-3/h1,13,18H,7-10H2,2-5H3. The first-order chi connectivity index (χ1) is 11.0. The molecule has 0 saturated carbocycles. The summed E-state index contributed by atoms with van der Waals surface area (Å²) in [5.41, 5.74) is 1.97. The van der Waals surface area contributed by atoms with Crippen LogP contribution in [0.4, 0.5) is 0 Å². The van der Waals surface area contributed by atoms with Crippen LogP contribution in [0.25, 0.3) is 0 Å². The van der Waals surface area contributed by atoms with Gasteiger partial charge in [-0.3, -0.25) is 0 Å². The molecule has 6 heteroatoms. The molecule has 0 aromatic carbocycles. The fourth-order valence-corrected chi connectivity index (χ4v) is 2.49. The van der Waals surface area contributed by atoms with E-state index < -0.39 is 17.9 Å². The highest BCUT2D eigenvalue weighted by atomic mass is 16.5. The molecule has 0 unspecified atom stereocenters. The number of hydrogen-bond donors (Lipinski definition) is 1. The zero-order valence-corrected chi connectivity index (χ0v) is 14.0. The van der Waals surface area contributed by atoms with Gasteiger partial charge in [-0.2, -0.15) is 0 Å². The Morgan fingerprint density at radius 1 is 1.09 bits per heavy atom. The minimum absolute atomic E-state index is 0.0915. The average Bonchev–Trinajstić information content (AvgIpc) is 2.47. The van der Waals surface area contributed by atoms with Crippen LogP contribution in [0.5, 0.6) is 0 Å². The number of allylic oxidation sites excluding steroid dienone is 2. The van der Waals surface area contributed by atoms with Gasteiger partial charge in [0.15, 0.2) is 0 Å². The molecule has 0 aliphatic carbocycles. The van der Waals surface area contributed by atoms with Gasteiger partial charge in [0.2, 0.25) is 0 Å². The normalized spacial score (nSPS) is 15.1. The van der Waals surface area contributed by atoms with Crippen molar-refractivity contribution in [2.24, 2.45) is 5.92 Å². The van der Waals surface area contributed by atoms with Gasteiger partial charge in [0.05, 0.1) is 36.9 Å². The first-order valence-electron chi connectivity index (χ1n) is 7.51. The summed E-state index contributed by atoms with van der Waals surface area (Å²) in [4.78, 5) is 24.6. The molecule has 1 rings (SSSR count). The molecular formula is C17H23NO5. The Hall–Kier alpha value is -2.26. The molecule has 0 radical (unpaired) electrons. The highest BCUT2D eigenvalue weighted by molar-refractivity contribution is 5.97. The van der Waals surface area contributed by atoms with Crippen molar-refractivity contribution >= 4 is 11.9 Å². The van der Waals surface area contributed by atoms with Crippen LogP contribution in [-0.2, 0) is 23.8 Å². The summed E-state index contributed by atoms with van der Waals surface area (Å²) in [5, 5.41) is 3.04. The molecule has 6 nitrogen and oxygen atoms in total. The van der Waals surface area contributed by atoms with Gasteiger partial charge in [0.25, 0.3) is 0 Å². The van der Waals surface area contributed by atoms with Gasteiger partial charge in [-0.15, -0.1) is 6.42 Å². The lowest BCUT2D eigenvalue weighted by Gasteiger charge is -2.29. The minimum atomic E-state index is -0.581. The summed E-state index contributed by atoms with van der Waals surface area (Å²) in [6, 6.07) is 0. The fourth-order valence-electron chi connectivity index (χ4n) is 2.49. The monoisotopic (exact) mass is 321 g/mol. The third-order valence-corrected chi connectivity index (χ3v) is 3.34. The topological polar surface area (TPSA) is 73.9 Å². The fraction of sp³-hybridized carbons (Fsp3) is 0.529. The number of carbonyl (C=O) groups excluding carboxylic acids is 2. The quantitative estimate of drug-likeness (QED) is 0.435. The summed E-state index contributed by atoms with van der Waals surface area (Å²) >= 11 is 0. The highest BCUT2D eigenvalue weighted by Gasteiger charge is 2.36. The van der Waals surface area contributed by atoms with E-state index in [2.05, 4.69) is 11.2 Å². The summed E-state index contributed by atoms with van der Waals surface area (Å²) in [5.74, 6) is 0.815. The van der Waals surface area contributed by atoms with Crippen molar-refractivity contribution < 1.29 is 23.8 Å². The van der Waals surface area contributed by atoms with Gasteiger partial charge < -0.3 is 19.5 Å². The SMILES string of the molecule is C#CCOCC1C(C(=O)OCC)=C(C)NC(C)=C1C(=O)OCC. The van der Waals surface area contributed by atoms with Crippen LogP contribution in [0.3, 0.4) is 0 Å². The Bertz CT molecular complexity index is 528. The molecule has 126 valence electrons. The number of carbonyl (C=O) groups is 2. The smallest absolute Gasteiger partial charge is 0.336 e. The molecule has 0 bridgehead atoms. The number of rotatable bonds is 7. The third-order valence-electron chi connectivity index (χ3n) is 3.34. The van der Waals surface area contributed by atoms with Crippen molar-refractivity contribution in [2.45, 2.75) is 27.7 Å². The van der Waals surface area contributed by atoms with E-state index in [4.69, 9.17) is 20.6 Å². The Balaban J connectivity index is 3.21. The van der Waals surface area contributed by atoms with Crippen molar-refractivity contribution in [1.82, 2.24) is 5.32 Å². The maximum Gasteiger partial charge on any atom is 0.336 e. The van der Waals surface area contributed by atoms with Crippen LogP contribution in [0, 0.1) is 18.3 Å². The van der Waals surface area contributed by atoms with E-state index >= 15 is 0 Å². The molecule has 23 heavy (non-hydrogen) atoms. The third kappa shape index (κ3) is 4.60. The van der Waals surface area contributed by atoms with Crippen LogP contribution in [0.1, 0.15) is 27.7 Å². The second-order valence-electron chi connectivity index (χ2n) is 4.92. The van der Waals surface area contributed by atoms with E-state index in [1.807, 2.05) is 0 Å². The van der Waals surface area contributed by atoms with Gasteiger partial charge in [0.1, 0.15) is 6.61 Å². The molecule has 0 spiro atoms. The molecular weight excluding hydrogens is 298 g/mol. The van der Waals surface area contributed by atoms with Crippen LogP contribution in [0.15, 0.2) is 22.5 Å². The van der Waals surface area contributed by atoms with Crippen LogP contribution < -0.4 is 5.32 Å². The lowest BCUT2D eigenvalue weighted by atomic mass is 9.86. The molecule has 0 amide bonds. The Kier molecular flexibility index (Phi) is 7.36. The lowest BCUT2D eigenvalue weighted by molar-refractivity contribution is -0.140. The van der Waals surface area contributed by atoms with Gasteiger partial charge in [-0.05, 0) is 27.7 Å². The summed E-state index contributed by atoms with van der Waals surface area (Å²) in [6.45, 7) is 7.63. The van der Waals surface area contributed by atoms with Crippen molar-refractivity contribution in [3.63, 3.8) is 0 Å². The molecule has 0 saturated heterocycles. The van der Waals surface area contributed by atoms with E-state index in [-0.39, 0.29) is 26.4 Å². The van der Waals surface area contributed by atoms with Crippen LogP contribution in [-0.4, -0.2) is 38.4 Å². The molecule has 0 aromatic heterocycles. The first-order valence-corrected chi connectivity index (χ1v) is 7.51. The van der Waals surface area contributed by atoms with E-state index in [0.717, 1.165) is 0 Å².